The molecule has 26 heavy (non-hydrogen) atoms. The second-order valence-corrected chi connectivity index (χ2v) is 7.29. The van der Waals surface area contributed by atoms with Gasteiger partial charge in [0.25, 0.3) is 11.8 Å². The minimum absolute atomic E-state index is 0.0393. The lowest BCUT2D eigenvalue weighted by atomic mass is 10.1. The van der Waals surface area contributed by atoms with Crippen molar-refractivity contribution in [1.82, 2.24) is 10.6 Å². The molecule has 146 valence electrons. The summed E-state index contributed by atoms with van der Waals surface area (Å²) < 4.78 is 5.84. The first-order valence-electron chi connectivity index (χ1n) is 9.27. The van der Waals surface area contributed by atoms with Crippen LogP contribution in [-0.4, -0.2) is 51.1 Å². The van der Waals surface area contributed by atoms with E-state index in [4.69, 9.17) is 4.74 Å². The molecule has 0 spiro atoms. The van der Waals surface area contributed by atoms with Gasteiger partial charge in [0, 0.05) is 12.6 Å². The molecule has 0 radical (unpaired) electrons. The van der Waals surface area contributed by atoms with Crippen molar-refractivity contribution >= 4 is 11.8 Å². The highest BCUT2D eigenvalue weighted by Crippen LogP contribution is 2.23. The third-order valence-corrected chi connectivity index (χ3v) is 4.04. The number of hydrogen-bond donors (Lipinski definition) is 3. The van der Waals surface area contributed by atoms with E-state index in [1.54, 1.807) is 0 Å². The number of likely N-dealkylation sites (N-methyl/N-ethyl adjacent to an activating group) is 1. The summed E-state index contributed by atoms with van der Waals surface area (Å²) in [4.78, 5) is 24.5. The van der Waals surface area contributed by atoms with Crippen molar-refractivity contribution in [3.63, 3.8) is 0 Å². The molecule has 6 nitrogen and oxygen atoms in total. The Hall–Kier alpha value is -2.08. The fraction of sp³-hybridized carbons (Fsp3) is 0.600. The highest BCUT2D eigenvalue weighted by atomic mass is 16.5. The number of aryl methyl sites for hydroxylation is 2. The van der Waals surface area contributed by atoms with Gasteiger partial charge in [-0.3, -0.25) is 9.59 Å². The summed E-state index contributed by atoms with van der Waals surface area (Å²) in [5, 5.41) is 5.71. The fourth-order valence-electron chi connectivity index (χ4n) is 2.68. The molecule has 1 aromatic rings. The topological polar surface area (TPSA) is 71.9 Å². The molecule has 1 unspecified atom stereocenters. The Labute approximate surface area is 157 Å². The Bertz CT molecular complexity index is 615. The van der Waals surface area contributed by atoms with Crippen LogP contribution in [0.5, 0.6) is 5.75 Å². The van der Waals surface area contributed by atoms with Gasteiger partial charge in [0.2, 0.25) is 0 Å². The number of carbonyl (C=O) groups excluding carboxylic acids is 2. The van der Waals surface area contributed by atoms with Crippen LogP contribution in [-0.2, 0) is 9.59 Å². The maximum atomic E-state index is 11.9. The zero-order chi connectivity index (χ0) is 19.7. The van der Waals surface area contributed by atoms with E-state index >= 15 is 0 Å². The Kier molecular flexibility index (Phi) is 9.13. The van der Waals surface area contributed by atoms with E-state index in [1.807, 2.05) is 27.0 Å². The lowest BCUT2D eigenvalue weighted by molar-refractivity contribution is -0.862. The van der Waals surface area contributed by atoms with Gasteiger partial charge in [0.15, 0.2) is 13.1 Å². The normalized spacial score (nSPS) is 12.0. The molecular formula is C20H34N3O3+. The molecule has 3 N–H and O–H groups in total. The molecule has 0 aliphatic rings. The second kappa shape index (κ2) is 10.8. The Balaban J connectivity index is 2.23. The molecule has 0 aromatic heterocycles. The van der Waals surface area contributed by atoms with Crippen molar-refractivity contribution in [2.24, 2.45) is 0 Å². The van der Waals surface area contributed by atoms with Crippen LogP contribution in [0.4, 0.5) is 0 Å². The summed E-state index contributed by atoms with van der Waals surface area (Å²) in [5.74, 6) is 0.819. The lowest BCUT2D eigenvalue weighted by Crippen LogP contribution is -3.11. The summed E-state index contributed by atoms with van der Waals surface area (Å²) in [5.41, 5.74) is 3.56. The molecule has 0 fully saturated rings. The standard InChI is InChI=1S/C20H33N3O3/c1-14(2)22-20(25)13-23(6)12-19(24)21-8-7-9-26-18-11-15(3)10-16(4)17(18)5/h10-11,14H,7-9,12-13H2,1-6H3,(H,21,24)(H,22,25)/p+1. The summed E-state index contributed by atoms with van der Waals surface area (Å²) in [7, 11) is 1.84. The molecule has 6 heteroatoms. The molecule has 1 atom stereocenters. The van der Waals surface area contributed by atoms with Crippen LogP contribution in [0.15, 0.2) is 12.1 Å². The van der Waals surface area contributed by atoms with E-state index < -0.39 is 0 Å². The van der Waals surface area contributed by atoms with Crippen LogP contribution < -0.4 is 20.3 Å². The van der Waals surface area contributed by atoms with Gasteiger partial charge in [-0.2, -0.15) is 0 Å². The van der Waals surface area contributed by atoms with E-state index in [0.29, 0.717) is 19.7 Å². The molecule has 0 bridgehead atoms. The third kappa shape index (κ3) is 8.34. The molecule has 2 amide bonds. The third-order valence-electron chi connectivity index (χ3n) is 4.04. The molecule has 0 heterocycles. The van der Waals surface area contributed by atoms with Crippen LogP contribution in [0.1, 0.15) is 37.0 Å². The Morgan fingerprint density at radius 2 is 1.77 bits per heavy atom. The molecule has 0 aliphatic heterocycles. The predicted molar refractivity (Wildman–Crippen MR) is 104 cm³/mol. The van der Waals surface area contributed by atoms with Gasteiger partial charge in [0.1, 0.15) is 5.75 Å². The van der Waals surface area contributed by atoms with E-state index in [1.165, 1.54) is 11.1 Å². The van der Waals surface area contributed by atoms with E-state index in [-0.39, 0.29) is 24.4 Å². The molecule has 0 saturated heterocycles. The summed E-state index contributed by atoms with van der Waals surface area (Å²) in [6.45, 7) is 11.7. The van der Waals surface area contributed by atoms with Crippen LogP contribution in [0.2, 0.25) is 0 Å². The molecule has 0 aliphatic carbocycles. The molecule has 1 rings (SSSR count). The number of carbonyl (C=O) groups is 2. The van der Waals surface area contributed by atoms with E-state index in [2.05, 4.69) is 37.5 Å². The quantitative estimate of drug-likeness (QED) is 0.531. The Morgan fingerprint density at radius 1 is 1.12 bits per heavy atom. The zero-order valence-electron chi connectivity index (χ0n) is 17.0. The minimum atomic E-state index is -0.0533. The maximum Gasteiger partial charge on any atom is 0.275 e. The number of amides is 2. The number of ether oxygens (including phenoxy) is 1. The predicted octanol–water partition coefficient (Wildman–Crippen LogP) is 0.536. The smallest absolute Gasteiger partial charge is 0.275 e. The molecular weight excluding hydrogens is 330 g/mol. The highest BCUT2D eigenvalue weighted by molar-refractivity contribution is 5.79. The van der Waals surface area contributed by atoms with Crippen molar-refractivity contribution in [2.75, 3.05) is 33.3 Å². The van der Waals surface area contributed by atoms with E-state index in [9.17, 15) is 9.59 Å². The molecule has 1 aromatic carbocycles. The van der Waals surface area contributed by atoms with Gasteiger partial charge < -0.3 is 20.3 Å². The number of quaternary nitrogens is 1. The Morgan fingerprint density at radius 3 is 2.42 bits per heavy atom. The average Bonchev–Trinajstić information content (AvgIpc) is 2.50. The lowest BCUT2D eigenvalue weighted by Gasteiger charge is -2.15. The average molecular weight is 365 g/mol. The summed E-state index contributed by atoms with van der Waals surface area (Å²) in [6.07, 6.45) is 0.741. The zero-order valence-corrected chi connectivity index (χ0v) is 17.0. The van der Waals surface area contributed by atoms with E-state index in [0.717, 1.165) is 22.6 Å². The first-order valence-corrected chi connectivity index (χ1v) is 9.27. The van der Waals surface area contributed by atoms with Gasteiger partial charge in [-0.25, -0.2) is 0 Å². The van der Waals surface area contributed by atoms with Crippen molar-refractivity contribution in [2.45, 2.75) is 47.1 Å². The van der Waals surface area contributed by atoms with Crippen LogP contribution in [0.3, 0.4) is 0 Å². The largest absolute Gasteiger partial charge is 0.493 e. The fourth-order valence-corrected chi connectivity index (χ4v) is 2.68. The van der Waals surface area contributed by atoms with Gasteiger partial charge in [-0.1, -0.05) is 6.07 Å². The first-order chi connectivity index (χ1) is 12.2. The van der Waals surface area contributed by atoms with Crippen molar-refractivity contribution in [3.05, 3.63) is 28.8 Å². The van der Waals surface area contributed by atoms with Gasteiger partial charge in [-0.15, -0.1) is 0 Å². The summed E-state index contributed by atoms with van der Waals surface area (Å²) >= 11 is 0. The number of hydrogen-bond acceptors (Lipinski definition) is 3. The van der Waals surface area contributed by atoms with Crippen molar-refractivity contribution in [1.29, 1.82) is 0 Å². The SMILES string of the molecule is Cc1cc(C)c(C)c(OCCCNC(=O)C[NH+](C)CC(=O)NC(C)C)c1. The van der Waals surface area contributed by atoms with Crippen molar-refractivity contribution in [3.8, 4) is 5.75 Å². The second-order valence-electron chi connectivity index (χ2n) is 7.29. The van der Waals surface area contributed by atoms with Gasteiger partial charge in [-0.05, 0) is 63.8 Å². The number of benzene rings is 1. The van der Waals surface area contributed by atoms with Crippen LogP contribution in [0, 0.1) is 20.8 Å². The van der Waals surface area contributed by atoms with Crippen molar-refractivity contribution < 1.29 is 19.2 Å². The maximum absolute atomic E-state index is 11.9. The van der Waals surface area contributed by atoms with Gasteiger partial charge in [0.05, 0.1) is 13.7 Å². The molecule has 0 saturated carbocycles. The highest BCUT2D eigenvalue weighted by Gasteiger charge is 2.14. The monoisotopic (exact) mass is 364 g/mol. The van der Waals surface area contributed by atoms with Gasteiger partial charge >= 0.3 is 0 Å². The number of rotatable bonds is 10. The van der Waals surface area contributed by atoms with Crippen LogP contribution in [0.25, 0.3) is 0 Å². The first kappa shape index (κ1) is 22.0. The summed E-state index contributed by atoms with van der Waals surface area (Å²) in [6, 6.07) is 4.30. The minimum Gasteiger partial charge on any atom is -0.493 e. The number of nitrogens with one attached hydrogen (secondary N) is 3. The van der Waals surface area contributed by atoms with Crippen LogP contribution >= 0.6 is 0 Å².